The van der Waals surface area contributed by atoms with Crippen molar-refractivity contribution in [1.29, 1.82) is 0 Å². The Bertz CT molecular complexity index is 1290. The van der Waals surface area contributed by atoms with Gasteiger partial charge < -0.3 is 23.8 Å². The molecule has 3 heterocycles. The molecule has 2 aromatic carbocycles. The van der Waals surface area contributed by atoms with E-state index in [-0.39, 0.29) is 0 Å². The molecule has 0 unspecified atom stereocenters. The standard InChI is InChI=1S/C31H38N3O6P/c35-31(26-9-5-2-6-10-26)40-30(25-7-3-1-4-8-25)27-11-12-28(29(27)32-13-19-37-20-14-32)41(36,33-15-21-38-22-16-33)34-17-23-39-24-18-34/h1-10H,11-24H2/b30-27+. The first-order valence-corrected chi connectivity index (χ1v) is 16.2. The largest absolute Gasteiger partial charge is 0.422 e. The number of carbonyl (C=O) groups excluding carboxylic acids is 1. The molecular formula is C31H38N3O6P. The Balaban J connectivity index is 1.52. The maximum atomic E-state index is 15.6. The number of ether oxygens (including phenoxy) is 4. The number of nitrogens with zero attached hydrogens (tertiary/aromatic N) is 3. The lowest BCUT2D eigenvalue weighted by Crippen LogP contribution is -2.44. The molecule has 6 rings (SSSR count). The van der Waals surface area contributed by atoms with Crippen LogP contribution in [0.3, 0.4) is 0 Å². The van der Waals surface area contributed by atoms with Crippen LogP contribution < -0.4 is 0 Å². The maximum absolute atomic E-state index is 15.6. The van der Waals surface area contributed by atoms with Crippen LogP contribution in [0, 0.1) is 0 Å². The molecule has 10 heteroatoms. The van der Waals surface area contributed by atoms with Crippen molar-refractivity contribution < 1.29 is 28.3 Å². The molecule has 0 N–H and O–H groups in total. The fourth-order valence-corrected chi connectivity index (χ4v) is 9.51. The van der Waals surface area contributed by atoms with Crippen molar-refractivity contribution in [2.75, 3.05) is 78.9 Å². The summed E-state index contributed by atoms with van der Waals surface area (Å²) >= 11 is 0. The van der Waals surface area contributed by atoms with Gasteiger partial charge in [-0.2, -0.15) is 0 Å². The lowest BCUT2D eigenvalue weighted by atomic mass is 10.0. The van der Waals surface area contributed by atoms with E-state index in [9.17, 15) is 4.79 Å². The molecule has 0 saturated carbocycles. The molecule has 4 aliphatic rings. The van der Waals surface area contributed by atoms with Gasteiger partial charge in [-0.1, -0.05) is 48.5 Å². The van der Waals surface area contributed by atoms with E-state index in [1.165, 1.54) is 0 Å². The fourth-order valence-electron chi connectivity index (χ4n) is 6.10. The molecule has 1 aliphatic carbocycles. The van der Waals surface area contributed by atoms with Gasteiger partial charge in [0.2, 0.25) is 7.44 Å². The van der Waals surface area contributed by atoms with E-state index in [4.69, 9.17) is 18.9 Å². The van der Waals surface area contributed by atoms with Crippen LogP contribution in [-0.2, 0) is 23.5 Å². The lowest BCUT2D eigenvalue weighted by Gasteiger charge is -2.44. The summed E-state index contributed by atoms with van der Waals surface area (Å²) in [5.41, 5.74) is 3.20. The smallest absolute Gasteiger partial charge is 0.343 e. The lowest BCUT2D eigenvalue weighted by molar-refractivity contribution is 0.0513. The van der Waals surface area contributed by atoms with Crippen LogP contribution in [0.1, 0.15) is 28.8 Å². The van der Waals surface area contributed by atoms with Crippen molar-refractivity contribution >= 4 is 19.2 Å². The Kier molecular flexibility index (Phi) is 9.01. The molecular weight excluding hydrogens is 541 g/mol. The molecule has 0 amide bonds. The van der Waals surface area contributed by atoms with E-state index in [0.717, 1.165) is 22.1 Å². The first-order valence-electron chi connectivity index (χ1n) is 14.6. The molecule has 218 valence electrons. The maximum Gasteiger partial charge on any atom is 0.343 e. The molecule has 3 saturated heterocycles. The SMILES string of the molecule is O=C(O/C(=C1\CCC(P(=O)(N2CCOCC2)N2CCOCC2)=C1N1CCOCC1)c1ccccc1)c1ccccc1. The first kappa shape index (κ1) is 28.3. The highest BCUT2D eigenvalue weighted by molar-refractivity contribution is 7.63. The summed E-state index contributed by atoms with van der Waals surface area (Å²) in [5.74, 6) is 0.128. The summed E-state index contributed by atoms with van der Waals surface area (Å²) in [4.78, 5) is 15.7. The first-order chi connectivity index (χ1) is 20.2. The third kappa shape index (κ3) is 5.93. The average molecular weight is 580 g/mol. The van der Waals surface area contributed by atoms with Gasteiger partial charge in [0.25, 0.3) is 0 Å². The van der Waals surface area contributed by atoms with Gasteiger partial charge in [0.1, 0.15) is 5.76 Å². The number of benzene rings is 2. The highest BCUT2D eigenvalue weighted by atomic mass is 31.2. The van der Waals surface area contributed by atoms with E-state index >= 15 is 4.57 Å². The summed E-state index contributed by atoms with van der Waals surface area (Å²) in [6.45, 7) is 7.23. The van der Waals surface area contributed by atoms with Gasteiger partial charge in [-0.15, -0.1) is 0 Å². The predicted octanol–water partition coefficient (Wildman–Crippen LogP) is 4.45. The Labute approximate surface area is 241 Å². The zero-order valence-electron chi connectivity index (χ0n) is 23.4. The van der Waals surface area contributed by atoms with Gasteiger partial charge in [-0.25, -0.2) is 14.1 Å². The highest BCUT2D eigenvalue weighted by Crippen LogP contribution is 2.66. The van der Waals surface area contributed by atoms with Gasteiger partial charge in [-0.05, 0) is 25.0 Å². The average Bonchev–Trinajstić information content (AvgIpc) is 3.50. The molecule has 0 aromatic heterocycles. The van der Waals surface area contributed by atoms with Gasteiger partial charge in [-0.3, -0.25) is 4.57 Å². The number of rotatable bonds is 7. The number of hydrogen-bond acceptors (Lipinski definition) is 7. The molecule has 3 fully saturated rings. The van der Waals surface area contributed by atoms with Crippen LogP contribution in [0.2, 0.25) is 0 Å². The van der Waals surface area contributed by atoms with Crippen molar-refractivity contribution in [3.05, 3.63) is 88.4 Å². The number of carbonyl (C=O) groups is 1. The molecule has 0 spiro atoms. The van der Waals surface area contributed by atoms with Gasteiger partial charge in [0.15, 0.2) is 0 Å². The van der Waals surface area contributed by atoms with Crippen molar-refractivity contribution in [3.63, 3.8) is 0 Å². The monoisotopic (exact) mass is 579 g/mol. The second-order valence-corrected chi connectivity index (χ2v) is 13.3. The van der Waals surface area contributed by atoms with E-state index in [0.29, 0.717) is 103 Å². The van der Waals surface area contributed by atoms with Crippen LogP contribution >= 0.6 is 7.44 Å². The quantitative estimate of drug-likeness (QED) is 0.269. The number of hydrogen-bond donors (Lipinski definition) is 0. The van der Waals surface area contributed by atoms with Crippen molar-refractivity contribution in [1.82, 2.24) is 14.2 Å². The summed E-state index contributed by atoms with van der Waals surface area (Å²) < 4.78 is 43.3. The topological polar surface area (TPSA) is 80.8 Å². The minimum Gasteiger partial charge on any atom is -0.422 e. The third-order valence-electron chi connectivity index (χ3n) is 8.11. The van der Waals surface area contributed by atoms with E-state index in [1.807, 2.05) is 48.5 Å². The fraction of sp³-hybridized carbons (Fsp3) is 0.452. The predicted molar refractivity (Wildman–Crippen MR) is 156 cm³/mol. The number of allylic oxidation sites excluding steroid dienone is 2. The van der Waals surface area contributed by atoms with Crippen molar-refractivity contribution in [2.45, 2.75) is 12.8 Å². The van der Waals surface area contributed by atoms with Gasteiger partial charge in [0.05, 0.1) is 50.9 Å². The van der Waals surface area contributed by atoms with E-state index in [1.54, 1.807) is 12.1 Å². The summed E-state index contributed by atoms with van der Waals surface area (Å²) in [5, 5.41) is 0.947. The molecule has 3 aliphatic heterocycles. The minimum absolute atomic E-state index is 0.406. The Hall–Kier alpha value is -2.78. The normalized spacial score (nSPS) is 22.6. The van der Waals surface area contributed by atoms with Crippen LogP contribution in [0.4, 0.5) is 0 Å². The van der Waals surface area contributed by atoms with Crippen LogP contribution in [0.25, 0.3) is 5.76 Å². The van der Waals surface area contributed by atoms with Gasteiger partial charge in [0, 0.05) is 55.7 Å². The summed E-state index contributed by atoms with van der Waals surface area (Å²) in [6.07, 6.45) is 1.26. The summed E-state index contributed by atoms with van der Waals surface area (Å²) in [7, 11) is -3.17. The van der Waals surface area contributed by atoms with Gasteiger partial charge >= 0.3 is 5.97 Å². The van der Waals surface area contributed by atoms with Crippen LogP contribution in [0.15, 0.2) is 77.2 Å². The highest BCUT2D eigenvalue weighted by Gasteiger charge is 2.47. The van der Waals surface area contributed by atoms with Crippen LogP contribution in [-0.4, -0.2) is 99.1 Å². The second-order valence-electron chi connectivity index (χ2n) is 10.5. The molecule has 0 atom stereocenters. The zero-order valence-corrected chi connectivity index (χ0v) is 24.3. The van der Waals surface area contributed by atoms with Crippen molar-refractivity contribution in [2.24, 2.45) is 0 Å². The number of esters is 1. The molecule has 2 aromatic rings. The minimum atomic E-state index is -3.17. The molecule has 41 heavy (non-hydrogen) atoms. The van der Waals surface area contributed by atoms with E-state index in [2.05, 4.69) is 14.2 Å². The number of morpholine rings is 3. The molecule has 0 radical (unpaired) electrons. The van der Waals surface area contributed by atoms with Crippen LogP contribution in [0.5, 0.6) is 0 Å². The Morgan fingerprint density at radius 3 is 1.68 bits per heavy atom. The zero-order chi connectivity index (χ0) is 28.1. The summed E-state index contributed by atoms with van der Waals surface area (Å²) in [6, 6.07) is 18.9. The third-order valence-corrected chi connectivity index (χ3v) is 11.6. The Morgan fingerprint density at radius 1 is 0.659 bits per heavy atom. The molecule has 0 bridgehead atoms. The Morgan fingerprint density at radius 2 is 1.15 bits per heavy atom. The molecule has 9 nitrogen and oxygen atoms in total. The second kappa shape index (κ2) is 13.0. The van der Waals surface area contributed by atoms with E-state index < -0.39 is 13.4 Å². The van der Waals surface area contributed by atoms with Crippen molar-refractivity contribution in [3.8, 4) is 0 Å².